The van der Waals surface area contributed by atoms with Crippen molar-refractivity contribution in [1.29, 1.82) is 0 Å². The summed E-state index contributed by atoms with van der Waals surface area (Å²) in [7, 11) is -4.23. The number of fused-ring (bicyclic) bond motifs is 2. The first-order valence-electron chi connectivity index (χ1n) is 14.4. The van der Waals surface area contributed by atoms with Crippen LogP contribution >= 0.6 is 0 Å². The van der Waals surface area contributed by atoms with Gasteiger partial charge < -0.3 is 34.1 Å². The fraction of sp³-hybridized carbons (Fsp3) is 0.552. The number of ether oxygens (including phenoxy) is 5. The average molecular weight is 605 g/mol. The zero-order chi connectivity index (χ0) is 29.1. The molecule has 5 atom stereocenters. The van der Waals surface area contributed by atoms with Gasteiger partial charge in [-0.3, -0.25) is 4.84 Å². The number of nitrogens with one attached hydrogen (secondary N) is 1. The summed E-state index contributed by atoms with van der Waals surface area (Å²) in [5.74, 6) is 0.719. The highest BCUT2D eigenvalue weighted by Gasteiger charge is 2.44. The number of carbonyl (C=O) groups excluding carboxylic acids is 1. The first kappa shape index (κ1) is 29.1. The average Bonchev–Trinajstić information content (AvgIpc) is 3.79. The summed E-state index contributed by atoms with van der Waals surface area (Å²) in [5, 5.41) is 14.3. The molecule has 2 aromatic carbocycles. The minimum absolute atomic E-state index is 0.00415. The van der Waals surface area contributed by atoms with Gasteiger partial charge in [-0.2, -0.15) is 0 Å². The standard InChI is InChI=1S/C29H36N2O10S/c32-24(16-31(41-20-8-4-5-9-20)42(34,35)21-10-11-25-26(15-21)39-18-38-25)23(14-19-6-2-1-3-7-19)30-29(33)40-27-17-37-28-22(27)12-13-36-28/h1-3,6-7,10-11,15,20,22-24,27-28,32H,4-5,8-9,12-14,16-18H2,(H,30,33)/t22-,23?,24?,27-,28+/m0/s1. The number of rotatable bonds is 11. The van der Waals surface area contributed by atoms with Gasteiger partial charge in [0, 0.05) is 6.07 Å². The fourth-order valence-electron chi connectivity index (χ4n) is 5.81. The number of amides is 1. The summed E-state index contributed by atoms with van der Waals surface area (Å²) in [5.41, 5.74) is 0.845. The van der Waals surface area contributed by atoms with E-state index < -0.39 is 40.9 Å². The van der Waals surface area contributed by atoms with Crippen LogP contribution in [0.5, 0.6) is 11.5 Å². The number of hydrogen-bond donors (Lipinski definition) is 2. The molecule has 4 aliphatic rings. The Morgan fingerprint density at radius 2 is 1.83 bits per heavy atom. The third-order valence-corrected chi connectivity index (χ3v) is 9.75. The van der Waals surface area contributed by atoms with Gasteiger partial charge in [-0.25, -0.2) is 13.2 Å². The van der Waals surface area contributed by atoms with E-state index in [0.29, 0.717) is 30.9 Å². The Kier molecular flexibility index (Phi) is 8.84. The Bertz CT molecular complexity index is 1340. The first-order chi connectivity index (χ1) is 20.4. The molecular weight excluding hydrogens is 568 g/mol. The number of benzene rings is 2. The second kappa shape index (κ2) is 12.7. The molecule has 13 heteroatoms. The molecule has 6 rings (SSSR count). The van der Waals surface area contributed by atoms with Crippen molar-refractivity contribution >= 4 is 16.1 Å². The largest absolute Gasteiger partial charge is 0.454 e. The monoisotopic (exact) mass is 604 g/mol. The maximum atomic E-state index is 13.9. The number of alkyl carbamates (subject to hydrolysis) is 1. The Morgan fingerprint density at radius 3 is 2.64 bits per heavy atom. The van der Waals surface area contributed by atoms with Gasteiger partial charge in [0.25, 0.3) is 10.0 Å². The molecule has 0 bridgehead atoms. The molecule has 1 aliphatic carbocycles. The number of aliphatic hydroxyl groups excluding tert-OH is 1. The molecule has 3 heterocycles. The Hall–Kier alpha value is -2.94. The van der Waals surface area contributed by atoms with Crippen molar-refractivity contribution < 1.29 is 46.8 Å². The molecule has 0 spiro atoms. The smallest absolute Gasteiger partial charge is 0.407 e. The number of nitrogens with zero attached hydrogens (tertiary/aromatic N) is 1. The lowest BCUT2D eigenvalue weighted by Crippen LogP contribution is -2.51. The van der Waals surface area contributed by atoms with Crippen LogP contribution in [0, 0.1) is 5.92 Å². The van der Waals surface area contributed by atoms with Crippen LogP contribution in [-0.2, 0) is 35.5 Å². The summed E-state index contributed by atoms with van der Waals surface area (Å²) < 4.78 is 56.0. The van der Waals surface area contributed by atoms with E-state index in [9.17, 15) is 18.3 Å². The van der Waals surface area contributed by atoms with Crippen molar-refractivity contribution in [2.45, 2.75) is 74.1 Å². The van der Waals surface area contributed by atoms with Gasteiger partial charge in [-0.15, -0.1) is 0 Å². The van der Waals surface area contributed by atoms with E-state index in [1.54, 1.807) is 0 Å². The number of hydrogen-bond acceptors (Lipinski definition) is 10. The van der Waals surface area contributed by atoms with Crippen molar-refractivity contribution in [3.8, 4) is 11.5 Å². The topological polar surface area (TPSA) is 142 Å². The minimum atomic E-state index is -4.23. The molecular formula is C29H36N2O10S. The summed E-state index contributed by atoms with van der Waals surface area (Å²) in [6.07, 6.45) is 0.988. The van der Waals surface area contributed by atoms with Crippen molar-refractivity contribution in [2.24, 2.45) is 5.92 Å². The van der Waals surface area contributed by atoms with Crippen LogP contribution in [0.1, 0.15) is 37.7 Å². The molecule has 2 N–H and O–H groups in total. The van der Waals surface area contributed by atoms with Gasteiger partial charge >= 0.3 is 6.09 Å². The lowest BCUT2D eigenvalue weighted by molar-refractivity contribution is -0.145. The van der Waals surface area contributed by atoms with Gasteiger partial charge in [-0.1, -0.05) is 47.6 Å². The SMILES string of the molecule is O=C(NC(Cc1ccccc1)C(O)CN(OC1CCCC1)S(=O)(=O)c1ccc2c(c1)OCO2)O[C@H]1CO[C@H]2OCC[C@H]21. The third kappa shape index (κ3) is 6.51. The molecule has 42 heavy (non-hydrogen) atoms. The maximum absolute atomic E-state index is 13.9. The van der Waals surface area contributed by atoms with Crippen LogP contribution in [0.3, 0.4) is 0 Å². The first-order valence-corrected chi connectivity index (χ1v) is 15.8. The molecule has 0 aromatic heterocycles. The zero-order valence-corrected chi connectivity index (χ0v) is 23.9. The number of carbonyl (C=O) groups is 1. The Labute approximate surface area is 244 Å². The molecule has 2 aromatic rings. The highest BCUT2D eigenvalue weighted by molar-refractivity contribution is 7.89. The molecule has 228 valence electrons. The molecule has 1 amide bonds. The predicted molar refractivity (Wildman–Crippen MR) is 147 cm³/mol. The van der Waals surface area contributed by atoms with E-state index in [1.807, 2.05) is 30.3 Å². The van der Waals surface area contributed by atoms with Crippen LogP contribution < -0.4 is 14.8 Å². The van der Waals surface area contributed by atoms with Crippen molar-refractivity contribution in [3.63, 3.8) is 0 Å². The molecule has 3 fully saturated rings. The molecule has 0 radical (unpaired) electrons. The van der Waals surface area contributed by atoms with Crippen molar-refractivity contribution in [1.82, 2.24) is 9.79 Å². The molecule has 1 saturated carbocycles. The lowest BCUT2D eigenvalue weighted by Gasteiger charge is -2.31. The van der Waals surface area contributed by atoms with Crippen LogP contribution in [0.25, 0.3) is 0 Å². The van der Waals surface area contributed by atoms with Gasteiger partial charge in [-0.05, 0) is 43.4 Å². The van der Waals surface area contributed by atoms with E-state index in [-0.39, 0.29) is 43.0 Å². The summed E-state index contributed by atoms with van der Waals surface area (Å²) in [6.45, 7) is 0.354. The van der Waals surface area contributed by atoms with Crippen molar-refractivity contribution in [3.05, 3.63) is 54.1 Å². The van der Waals surface area contributed by atoms with Gasteiger partial charge in [0.15, 0.2) is 17.8 Å². The van der Waals surface area contributed by atoms with E-state index >= 15 is 0 Å². The van der Waals surface area contributed by atoms with Gasteiger partial charge in [0.1, 0.15) is 6.10 Å². The van der Waals surface area contributed by atoms with E-state index in [4.69, 9.17) is 28.5 Å². The van der Waals surface area contributed by atoms with Gasteiger partial charge in [0.05, 0.1) is 48.8 Å². The molecule has 12 nitrogen and oxygen atoms in total. The fourth-order valence-corrected chi connectivity index (χ4v) is 7.13. The highest BCUT2D eigenvalue weighted by Crippen LogP contribution is 2.36. The number of aliphatic hydroxyl groups is 1. The van der Waals surface area contributed by atoms with Crippen LogP contribution in [-0.4, -0.2) is 81.3 Å². The van der Waals surface area contributed by atoms with Crippen LogP contribution in [0.4, 0.5) is 4.79 Å². The number of sulfonamides is 1. The summed E-state index contributed by atoms with van der Waals surface area (Å²) in [6, 6.07) is 12.8. The predicted octanol–water partition coefficient (Wildman–Crippen LogP) is 2.74. The van der Waals surface area contributed by atoms with Crippen LogP contribution in [0.15, 0.2) is 53.4 Å². The van der Waals surface area contributed by atoms with E-state index in [0.717, 1.165) is 29.3 Å². The summed E-state index contributed by atoms with van der Waals surface area (Å²) >= 11 is 0. The second-order valence-electron chi connectivity index (χ2n) is 11.0. The number of hydroxylamine groups is 1. The Balaban J connectivity index is 1.21. The lowest BCUT2D eigenvalue weighted by atomic mass is 10.0. The van der Waals surface area contributed by atoms with E-state index in [1.165, 1.54) is 18.2 Å². The maximum Gasteiger partial charge on any atom is 0.407 e. The quantitative estimate of drug-likeness (QED) is 0.368. The van der Waals surface area contributed by atoms with Crippen molar-refractivity contribution in [2.75, 3.05) is 26.6 Å². The minimum Gasteiger partial charge on any atom is -0.454 e. The third-order valence-electron chi connectivity index (χ3n) is 8.12. The Morgan fingerprint density at radius 1 is 1.05 bits per heavy atom. The second-order valence-corrected chi connectivity index (χ2v) is 12.8. The van der Waals surface area contributed by atoms with Crippen LogP contribution in [0.2, 0.25) is 0 Å². The normalized spacial score (nSPS) is 25.0. The summed E-state index contributed by atoms with van der Waals surface area (Å²) in [4.78, 5) is 19.0. The molecule has 2 unspecified atom stereocenters. The zero-order valence-electron chi connectivity index (χ0n) is 23.1. The van der Waals surface area contributed by atoms with Gasteiger partial charge in [0.2, 0.25) is 6.79 Å². The molecule has 2 saturated heterocycles. The highest BCUT2D eigenvalue weighted by atomic mass is 32.2. The van der Waals surface area contributed by atoms with E-state index in [2.05, 4.69) is 5.32 Å². The molecule has 3 aliphatic heterocycles.